The van der Waals surface area contributed by atoms with Crippen LogP contribution in [0.4, 0.5) is 11.5 Å². The lowest BCUT2D eigenvalue weighted by Gasteiger charge is -2.20. The van der Waals surface area contributed by atoms with Gasteiger partial charge in [0.25, 0.3) is 0 Å². The number of aromatic nitrogens is 4. The molecule has 134 valence electrons. The van der Waals surface area contributed by atoms with Crippen LogP contribution < -0.4 is 5.32 Å². The van der Waals surface area contributed by atoms with Gasteiger partial charge >= 0.3 is 0 Å². The Balaban J connectivity index is 1.54. The normalized spacial score (nSPS) is 13.8. The van der Waals surface area contributed by atoms with Crippen molar-refractivity contribution in [3.05, 3.63) is 40.8 Å². The fourth-order valence-electron chi connectivity index (χ4n) is 3.05. The molecule has 2 aromatic heterocycles. The summed E-state index contributed by atoms with van der Waals surface area (Å²) in [4.78, 5) is 22.3. The van der Waals surface area contributed by atoms with Crippen LogP contribution in [0.3, 0.4) is 0 Å². The molecule has 1 amide bonds. The van der Waals surface area contributed by atoms with Gasteiger partial charge in [-0.1, -0.05) is 12.1 Å². The summed E-state index contributed by atoms with van der Waals surface area (Å²) in [7, 11) is 1.85. The van der Waals surface area contributed by atoms with Gasteiger partial charge in [-0.15, -0.1) is 0 Å². The van der Waals surface area contributed by atoms with Gasteiger partial charge < -0.3 is 10.2 Å². The second-order valence-electron chi connectivity index (χ2n) is 6.54. The van der Waals surface area contributed by atoms with Crippen LogP contribution in [-0.4, -0.2) is 36.6 Å². The van der Waals surface area contributed by atoms with Crippen LogP contribution in [0.5, 0.6) is 0 Å². The number of amides is 1. The van der Waals surface area contributed by atoms with Crippen molar-refractivity contribution in [3.63, 3.8) is 0 Å². The number of benzene rings is 1. The predicted octanol–water partition coefficient (Wildman–Crippen LogP) is 3.38. The van der Waals surface area contributed by atoms with Gasteiger partial charge in [0.05, 0.1) is 5.39 Å². The Morgan fingerprint density at radius 3 is 2.69 bits per heavy atom. The van der Waals surface area contributed by atoms with Crippen LogP contribution in [0.15, 0.2) is 35.2 Å². The van der Waals surface area contributed by atoms with Crippen LogP contribution in [0.25, 0.3) is 11.0 Å². The summed E-state index contributed by atoms with van der Waals surface area (Å²) in [5.41, 5.74) is 2.80. The molecule has 0 radical (unpaired) electrons. The van der Waals surface area contributed by atoms with E-state index >= 15 is 0 Å². The molecular formula is C18H19BrN6O. The van der Waals surface area contributed by atoms with E-state index in [0.29, 0.717) is 23.0 Å². The molecule has 26 heavy (non-hydrogen) atoms. The Morgan fingerprint density at radius 1 is 1.31 bits per heavy atom. The van der Waals surface area contributed by atoms with Gasteiger partial charge in [-0.2, -0.15) is 5.10 Å². The van der Waals surface area contributed by atoms with Crippen molar-refractivity contribution in [2.75, 3.05) is 5.32 Å². The SMILES string of the molecule is CC(=O)N(Cc1ccc(Nc2ncnc3c2c(Br)nn3C)cc1)C1CC1. The monoisotopic (exact) mass is 414 g/mol. The third-order valence-electron chi connectivity index (χ3n) is 4.54. The zero-order valence-corrected chi connectivity index (χ0v) is 16.2. The van der Waals surface area contributed by atoms with Crippen molar-refractivity contribution in [1.29, 1.82) is 0 Å². The highest BCUT2D eigenvalue weighted by molar-refractivity contribution is 9.10. The van der Waals surface area contributed by atoms with Crippen molar-refractivity contribution in [2.45, 2.75) is 32.4 Å². The second kappa shape index (κ2) is 6.68. The summed E-state index contributed by atoms with van der Waals surface area (Å²) in [6, 6.07) is 8.49. The Labute approximate surface area is 159 Å². The maximum absolute atomic E-state index is 11.8. The fourth-order valence-corrected chi connectivity index (χ4v) is 3.65. The average Bonchev–Trinajstić information content (AvgIpc) is 3.40. The van der Waals surface area contributed by atoms with E-state index in [1.807, 2.05) is 36.2 Å². The summed E-state index contributed by atoms with van der Waals surface area (Å²) in [5.74, 6) is 0.838. The molecule has 0 bridgehead atoms. The van der Waals surface area contributed by atoms with Gasteiger partial charge in [-0.3, -0.25) is 4.79 Å². The maximum atomic E-state index is 11.8. The Hall–Kier alpha value is -2.48. The minimum atomic E-state index is 0.138. The lowest BCUT2D eigenvalue weighted by atomic mass is 10.2. The number of carbonyl (C=O) groups is 1. The number of nitrogens with one attached hydrogen (secondary N) is 1. The molecule has 1 aliphatic carbocycles. The lowest BCUT2D eigenvalue weighted by Crippen LogP contribution is -2.30. The summed E-state index contributed by atoms with van der Waals surface area (Å²) in [6.07, 6.45) is 3.75. The molecule has 3 aromatic rings. The van der Waals surface area contributed by atoms with Crippen molar-refractivity contribution in [1.82, 2.24) is 24.6 Å². The molecule has 0 atom stereocenters. The van der Waals surface area contributed by atoms with Crippen molar-refractivity contribution < 1.29 is 4.79 Å². The summed E-state index contributed by atoms with van der Waals surface area (Å²) < 4.78 is 2.42. The number of halogens is 1. The number of hydrogen-bond acceptors (Lipinski definition) is 5. The van der Waals surface area contributed by atoms with Gasteiger partial charge in [0.2, 0.25) is 5.91 Å². The van der Waals surface area contributed by atoms with Crippen molar-refractivity contribution >= 4 is 44.4 Å². The molecule has 0 unspecified atom stereocenters. The topological polar surface area (TPSA) is 75.9 Å². The van der Waals surface area contributed by atoms with E-state index in [-0.39, 0.29) is 5.91 Å². The lowest BCUT2D eigenvalue weighted by molar-refractivity contribution is -0.130. The molecule has 1 aliphatic rings. The number of anilines is 2. The molecule has 0 spiro atoms. The van der Waals surface area contributed by atoms with Crippen LogP contribution >= 0.6 is 15.9 Å². The molecule has 1 N–H and O–H groups in total. The number of rotatable bonds is 5. The number of aryl methyl sites for hydroxylation is 1. The molecule has 8 heteroatoms. The Bertz CT molecular complexity index is 964. The average molecular weight is 415 g/mol. The molecule has 1 fully saturated rings. The van der Waals surface area contributed by atoms with Gasteiger partial charge in [0.15, 0.2) is 5.65 Å². The highest BCUT2D eigenvalue weighted by Gasteiger charge is 2.30. The third-order valence-corrected chi connectivity index (χ3v) is 5.09. The van der Waals surface area contributed by atoms with Gasteiger partial charge in [0, 0.05) is 32.2 Å². The van der Waals surface area contributed by atoms with E-state index in [1.54, 1.807) is 11.6 Å². The first kappa shape index (κ1) is 17.0. The largest absolute Gasteiger partial charge is 0.339 e. The standard InChI is InChI=1S/C18H19BrN6O/c1-11(26)25(14-7-8-14)9-12-3-5-13(6-4-12)22-17-15-16(19)23-24(2)18(15)21-10-20-17/h3-6,10,14H,7-9H2,1-2H3,(H,20,21,22). The maximum Gasteiger partial charge on any atom is 0.219 e. The van der Waals surface area contributed by atoms with Crippen LogP contribution in [0.2, 0.25) is 0 Å². The van der Waals surface area contributed by atoms with Crippen molar-refractivity contribution in [2.24, 2.45) is 7.05 Å². The Morgan fingerprint density at radius 2 is 2.04 bits per heavy atom. The first-order chi connectivity index (χ1) is 12.5. The number of fused-ring (bicyclic) bond motifs is 1. The molecule has 7 nitrogen and oxygen atoms in total. The molecular weight excluding hydrogens is 396 g/mol. The molecule has 0 aliphatic heterocycles. The van der Waals surface area contributed by atoms with Crippen LogP contribution in [-0.2, 0) is 18.4 Å². The minimum Gasteiger partial charge on any atom is -0.339 e. The van der Waals surface area contributed by atoms with Crippen LogP contribution in [0.1, 0.15) is 25.3 Å². The number of nitrogens with zero attached hydrogens (tertiary/aromatic N) is 5. The molecule has 4 rings (SSSR count). The molecule has 1 saturated carbocycles. The third kappa shape index (κ3) is 3.29. The summed E-state index contributed by atoms with van der Waals surface area (Å²) >= 11 is 3.46. The minimum absolute atomic E-state index is 0.138. The van der Waals surface area contributed by atoms with Crippen molar-refractivity contribution in [3.8, 4) is 0 Å². The van der Waals surface area contributed by atoms with Gasteiger partial charge in [-0.05, 0) is 46.5 Å². The van der Waals surface area contributed by atoms with E-state index in [4.69, 9.17) is 0 Å². The fraction of sp³-hybridized carbons (Fsp3) is 0.333. The molecule has 0 saturated heterocycles. The van der Waals surface area contributed by atoms with E-state index in [2.05, 4.69) is 36.3 Å². The van der Waals surface area contributed by atoms with Gasteiger partial charge in [-0.25, -0.2) is 14.6 Å². The van der Waals surface area contributed by atoms with E-state index in [0.717, 1.165) is 35.1 Å². The predicted molar refractivity (Wildman–Crippen MR) is 103 cm³/mol. The van der Waals surface area contributed by atoms with Gasteiger partial charge in [0.1, 0.15) is 16.7 Å². The summed E-state index contributed by atoms with van der Waals surface area (Å²) in [5, 5.41) is 8.50. The van der Waals surface area contributed by atoms with E-state index in [9.17, 15) is 4.79 Å². The highest BCUT2D eigenvalue weighted by Crippen LogP contribution is 2.30. The smallest absolute Gasteiger partial charge is 0.219 e. The molecule has 1 aromatic carbocycles. The highest BCUT2D eigenvalue weighted by atomic mass is 79.9. The van der Waals surface area contributed by atoms with E-state index < -0.39 is 0 Å². The number of hydrogen-bond donors (Lipinski definition) is 1. The zero-order valence-electron chi connectivity index (χ0n) is 14.6. The number of carbonyl (C=O) groups excluding carboxylic acids is 1. The molecule has 2 heterocycles. The zero-order chi connectivity index (χ0) is 18.3. The quantitative estimate of drug-likeness (QED) is 0.692. The van der Waals surface area contributed by atoms with Crippen LogP contribution in [0, 0.1) is 0 Å². The first-order valence-electron chi connectivity index (χ1n) is 8.49. The van der Waals surface area contributed by atoms with E-state index in [1.165, 1.54) is 6.33 Å². The first-order valence-corrected chi connectivity index (χ1v) is 9.28. The summed E-state index contributed by atoms with van der Waals surface area (Å²) in [6.45, 7) is 2.30. The second-order valence-corrected chi connectivity index (χ2v) is 7.29. The Kier molecular flexibility index (Phi) is 4.36.